The number of hydrogen-bond donors (Lipinski definition) is 3. The van der Waals surface area contributed by atoms with E-state index in [4.69, 9.17) is 14.6 Å². The smallest absolute Gasteiger partial charge is 0.407 e. The van der Waals surface area contributed by atoms with Gasteiger partial charge in [-0.25, -0.2) is 4.79 Å². The van der Waals surface area contributed by atoms with Crippen molar-refractivity contribution in [1.29, 1.82) is 0 Å². The lowest BCUT2D eigenvalue weighted by Gasteiger charge is -2.35. The Morgan fingerprint density at radius 2 is 1.66 bits per heavy atom. The van der Waals surface area contributed by atoms with Gasteiger partial charge in [0.2, 0.25) is 5.91 Å². The molecule has 2 aromatic carbocycles. The molecule has 0 aliphatic heterocycles. The highest BCUT2D eigenvalue weighted by Gasteiger charge is 2.62. The minimum atomic E-state index is -1.03. The number of fused-ring (bicyclic) bond motifs is 3. The van der Waals surface area contributed by atoms with Crippen molar-refractivity contribution in [1.82, 2.24) is 10.6 Å². The number of carboxylic acids is 1. The van der Waals surface area contributed by atoms with Gasteiger partial charge in [-0.05, 0) is 53.4 Å². The predicted octanol–water partition coefficient (Wildman–Crippen LogP) is 3.44. The molecule has 8 heteroatoms. The third-order valence-electron chi connectivity index (χ3n) is 7.71. The van der Waals surface area contributed by atoms with Gasteiger partial charge in [0, 0.05) is 25.5 Å². The molecule has 2 unspecified atom stereocenters. The van der Waals surface area contributed by atoms with Crippen molar-refractivity contribution in [2.24, 2.45) is 5.41 Å². The molecular formula is C27H30N2O6. The molecule has 0 radical (unpaired) electrons. The maximum atomic E-state index is 12.9. The maximum absolute atomic E-state index is 12.9. The number of benzene rings is 2. The van der Waals surface area contributed by atoms with Gasteiger partial charge in [-0.15, -0.1) is 0 Å². The second kappa shape index (κ2) is 9.34. The molecule has 2 fully saturated rings. The first-order valence-corrected chi connectivity index (χ1v) is 12.1. The number of aliphatic carboxylic acids is 1. The molecule has 3 N–H and O–H groups in total. The summed E-state index contributed by atoms with van der Waals surface area (Å²) in [7, 11) is 1.69. The fraction of sp³-hybridized carbons (Fsp3) is 0.444. The van der Waals surface area contributed by atoms with Crippen LogP contribution < -0.4 is 10.6 Å². The summed E-state index contributed by atoms with van der Waals surface area (Å²) in [5, 5.41) is 14.7. The Labute approximate surface area is 204 Å². The highest BCUT2D eigenvalue weighted by Crippen LogP contribution is 2.61. The molecule has 0 aromatic heterocycles. The van der Waals surface area contributed by atoms with Gasteiger partial charge < -0.3 is 25.2 Å². The van der Waals surface area contributed by atoms with Crippen LogP contribution in [-0.4, -0.2) is 55.0 Å². The molecule has 2 saturated carbocycles. The van der Waals surface area contributed by atoms with E-state index in [1.165, 1.54) is 0 Å². The zero-order valence-corrected chi connectivity index (χ0v) is 19.7. The molecule has 5 rings (SSSR count). The predicted molar refractivity (Wildman–Crippen MR) is 128 cm³/mol. The van der Waals surface area contributed by atoms with Crippen LogP contribution in [0.3, 0.4) is 0 Å². The van der Waals surface area contributed by atoms with Crippen LogP contribution in [-0.2, 0) is 19.1 Å². The lowest BCUT2D eigenvalue weighted by molar-refractivity contribution is -0.137. The number of carboxylic acid groups (broad SMARTS) is 1. The zero-order valence-electron chi connectivity index (χ0n) is 19.7. The Kier molecular flexibility index (Phi) is 6.23. The summed E-state index contributed by atoms with van der Waals surface area (Å²) in [6, 6.07) is 15.1. The number of ether oxygens (including phenoxy) is 2. The molecule has 0 bridgehead atoms. The summed E-state index contributed by atoms with van der Waals surface area (Å²) in [5.74, 6) is -1.50. The normalized spacial score (nSPS) is 24.6. The SMILES string of the molecule is COC1CC2(C1)CC2NC(=O)C(CCC(=O)O)NC(=O)OCC1c2ccccc2-c2ccccc21. The molecule has 2 aromatic rings. The van der Waals surface area contributed by atoms with Crippen molar-refractivity contribution in [3.63, 3.8) is 0 Å². The van der Waals surface area contributed by atoms with Crippen molar-refractivity contribution in [2.75, 3.05) is 13.7 Å². The van der Waals surface area contributed by atoms with Crippen LogP contribution in [0.2, 0.25) is 0 Å². The van der Waals surface area contributed by atoms with E-state index in [-0.39, 0.29) is 48.8 Å². The first-order valence-electron chi connectivity index (χ1n) is 12.1. The summed E-state index contributed by atoms with van der Waals surface area (Å²) < 4.78 is 10.9. The average molecular weight is 479 g/mol. The Balaban J connectivity index is 1.19. The second-order valence-corrected chi connectivity index (χ2v) is 9.85. The lowest BCUT2D eigenvalue weighted by Crippen LogP contribution is -2.49. The van der Waals surface area contributed by atoms with Crippen LogP contribution in [0.5, 0.6) is 0 Å². The van der Waals surface area contributed by atoms with E-state index in [2.05, 4.69) is 22.8 Å². The molecule has 2 atom stereocenters. The second-order valence-electron chi connectivity index (χ2n) is 9.85. The minimum absolute atomic E-state index is 0.00816. The number of nitrogens with one attached hydrogen (secondary N) is 2. The van der Waals surface area contributed by atoms with Crippen LogP contribution in [0.25, 0.3) is 11.1 Å². The largest absolute Gasteiger partial charge is 0.481 e. The van der Waals surface area contributed by atoms with Gasteiger partial charge in [0.05, 0.1) is 6.10 Å². The van der Waals surface area contributed by atoms with Gasteiger partial charge in [0.25, 0.3) is 0 Å². The Hall–Kier alpha value is -3.39. The first-order chi connectivity index (χ1) is 16.9. The van der Waals surface area contributed by atoms with Crippen LogP contribution in [0.15, 0.2) is 48.5 Å². The molecule has 3 aliphatic carbocycles. The van der Waals surface area contributed by atoms with Crippen molar-refractivity contribution >= 4 is 18.0 Å². The number of amides is 2. The van der Waals surface area contributed by atoms with Gasteiger partial charge in [0.15, 0.2) is 0 Å². The monoisotopic (exact) mass is 478 g/mol. The van der Waals surface area contributed by atoms with E-state index in [0.29, 0.717) is 0 Å². The van der Waals surface area contributed by atoms with Crippen LogP contribution in [0.4, 0.5) is 4.79 Å². The fourth-order valence-corrected chi connectivity index (χ4v) is 5.61. The number of carbonyl (C=O) groups excluding carboxylic acids is 2. The number of alkyl carbamates (subject to hydrolysis) is 1. The van der Waals surface area contributed by atoms with E-state index >= 15 is 0 Å². The van der Waals surface area contributed by atoms with E-state index in [0.717, 1.165) is 41.5 Å². The molecule has 35 heavy (non-hydrogen) atoms. The van der Waals surface area contributed by atoms with Gasteiger partial charge in [-0.1, -0.05) is 48.5 Å². The van der Waals surface area contributed by atoms with Gasteiger partial charge >= 0.3 is 12.1 Å². The van der Waals surface area contributed by atoms with E-state index in [1.807, 2.05) is 36.4 Å². The summed E-state index contributed by atoms with van der Waals surface area (Å²) in [5.41, 5.74) is 4.53. The number of methoxy groups -OCH3 is 1. The topological polar surface area (TPSA) is 114 Å². The number of carbonyl (C=O) groups is 3. The molecule has 3 aliphatic rings. The summed E-state index contributed by atoms with van der Waals surface area (Å²) >= 11 is 0. The standard InChI is InChI=1S/C27H30N2O6/c1-34-16-12-27(13-16)14-23(27)29-25(32)22(10-11-24(30)31)28-26(33)35-15-21-19-8-4-2-6-17(19)18-7-3-5-9-20(18)21/h2-9,16,21-23H,10-15H2,1H3,(H,28,33)(H,29,32)(H,30,31). The van der Waals surface area contributed by atoms with Gasteiger partial charge in [-0.2, -0.15) is 0 Å². The van der Waals surface area contributed by atoms with E-state index in [9.17, 15) is 14.4 Å². The first kappa shape index (κ1) is 23.4. The zero-order chi connectivity index (χ0) is 24.6. The molecular weight excluding hydrogens is 448 g/mol. The summed E-state index contributed by atoms with van der Waals surface area (Å²) in [4.78, 5) is 36.7. The maximum Gasteiger partial charge on any atom is 0.407 e. The van der Waals surface area contributed by atoms with Crippen LogP contribution in [0, 0.1) is 5.41 Å². The van der Waals surface area contributed by atoms with E-state index in [1.54, 1.807) is 7.11 Å². The van der Waals surface area contributed by atoms with Crippen molar-refractivity contribution < 1.29 is 29.0 Å². The van der Waals surface area contributed by atoms with Gasteiger partial charge in [-0.3, -0.25) is 9.59 Å². The third-order valence-corrected chi connectivity index (χ3v) is 7.71. The fourth-order valence-electron chi connectivity index (χ4n) is 5.61. The highest BCUT2D eigenvalue weighted by molar-refractivity contribution is 5.87. The van der Waals surface area contributed by atoms with E-state index < -0.39 is 18.1 Å². The Bertz CT molecular complexity index is 1100. The summed E-state index contributed by atoms with van der Waals surface area (Å²) in [6.07, 6.45) is 1.97. The van der Waals surface area contributed by atoms with Crippen molar-refractivity contribution in [3.05, 3.63) is 59.7 Å². The average Bonchev–Trinajstić information content (AvgIpc) is 3.45. The molecule has 2 amide bonds. The molecule has 0 saturated heterocycles. The van der Waals surface area contributed by atoms with Crippen molar-refractivity contribution in [2.45, 2.75) is 56.2 Å². The highest BCUT2D eigenvalue weighted by atomic mass is 16.5. The van der Waals surface area contributed by atoms with Gasteiger partial charge in [0.1, 0.15) is 12.6 Å². The van der Waals surface area contributed by atoms with Crippen LogP contribution >= 0.6 is 0 Å². The minimum Gasteiger partial charge on any atom is -0.481 e. The summed E-state index contributed by atoms with van der Waals surface area (Å²) in [6.45, 7) is 0.122. The lowest BCUT2D eigenvalue weighted by atomic mass is 9.78. The third kappa shape index (κ3) is 4.62. The number of hydrogen-bond acceptors (Lipinski definition) is 5. The number of rotatable bonds is 9. The quantitative estimate of drug-likeness (QED) is 0.509. The molecule has 8 nitrogen and oxygen atoms in total. The molecule has 0 heterocycles. The Morgan fingerprint density at radius 3 is 2.26 bits per heavy atom. The van der Waals surface area contributed by atoms with Crippen LogP contribution in [0.1, 0.15) is 49.1 Å². The van der Waals surface area contributed by atoms with Crippen molar-refractivity contribution in [3.8, 4) is 11.1 Å². The molecule has 1 spiro atoms. The molecule has 184 valence electrons. The Morgan fingerprint density at radius 1 is 1.03 bits per heavy atom.